The topological polar surface area (TPSA) is 34.2 Å². The molecule has 5 unspecified atom stereocenters. The molecule has 0 N–H and O–H groups in total. The molecule has 0 radical (unpaired) electrons. The third-order valence-electron chi connectivity index (χ3n) is 4.12. The van der Waals surface area contributed by atoms with Crippen LogP contribution in [-0.2, 0) is 14.2 Å². The molecule has 2 rings (SSSR count). The molecule has 0 aliphatic carbocycles. The monoisotopic (exact) mass is 300 g/mol. The van der Waals surface area contributed by atoms with E-state index in [9.17, 15) is 0 Å². The van der Waals surface area contributed by atoms with Crippen molar-refractivity contribution in [2.45, 2.75) is 65.3 Å². The minimum absolute atomic E-state index is 0.154. The molecule has 0 bridgehead atoms. The molecule has 0 aromatic rings. The van der Waals surface area contributed by atoms with Crippen LogP contribution in [0.3, 0.4) is 0 Å². The fraction of sp³-hybridized carbons (Fsp3) is 1.00. The maximum Gasteiger partial charge on any atom is 0.123 e. The Morgan fingerprint density at radius 3 is 1.86 bits per heavy atom. The quantitative estimate of drug-likeness (QED) is 0.770. The smallest absolute Gasteiger partial charge is 0.123 e. The molecule has 0 spiro atoms. The van der Waals surface area contributed by atoms with Gasteiger partial charge in [0.15, 0.2) is 0 Å². The summed E-state index contributed by atoms with van der Waals surface area (Å²) >= 11 is 0. The van der Waals surface area contributed by atoms with Crippen molar-refractivity contribution in [1.82, 2.24) is 9.80 Å². The molecule has 21 heavy (non-hydrogen) atoms. The predicted octanol–water partition coefficient (Wildman–Crippen LogP) is 1.57. The Morgan fingerprint density at radius 1 is 0.905 bits per heavy atom. The van der Waals surface area contributed by atoms with Gasteiger partial charge >= 0.3 is 0 Å². The molecule has 0 saturated carbocycles. The van der Waals surface area contributed by atoms with E-state index in [2.05, 4.69) is 44.4 Å². The Kier molecular flexibility index (Phi) is 6.44. The lowest BCUT2D eigenvalue weighted by atomic mass is 10.2. The second-order valence-electron chi connectivity index (χ2n) is 6.60. The normalized spacial score (nSPS) is 37.6. The van der Waals surface area contributed by atoms with Gasteiger partial charge in [0.2, 0.25) is 0 Å². The van der Waals surface area contributed by atoms with Crippen LogP contribution in [0.4, 0.5) is 0 Å². The van der Waals surface area contributed by atoms with E-state index in [0.717, 1.165) is 39.3 Å². The zero-order valence-corrected chi connectivity index (χ0v) is 14.2. The van der Waals surface area contributed by atoms with E-state index >= 15 is 0 Å². The third kappa shape index (κ3) is 5.18. The minimum Gasteiger partial charge on any atom is -0.373 e. The molecule has 2 saturated heterocycles. The van der Waals surface area contributed by atoms with Gasteiger partial charge in [-0.25, -0.2) is 0 Å². The zero-order valence-electron chi connectivity index (χ0n) is 14.2. The van der Waals surface area contributed by atoms with E-state index in [-0.39, 0.29) is 18.4 Å². The number of hydrogen-bond acceptors (Lipinski definition) is 5. The van der Waals surface area contributed by atoms with Crippen molar-refractivity contribution in [2.24, 2.45) is 0 Å². The van der Waals surface area contributed by atoms with E-state index in [1.165, 1.54) is 0 Å². The summed E-state index contributed by atoms with van der Waals surface area (Å²) in [5, 5.41) is 0. The summed E-state index contributed by atoms with van der Waals surface area (Å²) in [4.78, 5) is 4.91. The maximum atomic E-state index is 6.04. The van der Waals surface area contributed by atoms with E-state index in [4.69, 9.17) is 14.2 Å². The zero-order chi connectivity index (χ0) is 15.4. The summed E-state index contributed by atoms with van der Waals surface area (Å²) < 4.78 is 17.7. The first-order valence-electron chi connectivity index (χ1n) is 8.36. The van der Waals surface area contributed by atoms with E-state index in [0.29, 0.717) is 12.2 Å². The van der Waals surface area contributed by atoms with Gasteiger partial charge in [-0.15, -0.1) is 0 Å². The summed E-state index contributed by atoms with van der Waals surface area (Å²) in [5.74, 6) is 0. The lowest BCUT2D eigenvalue weighted by molar-refractivity contribution is -0.154. The van der Waals surface area contributed by atoms with Crippen LogP contribution in [0.1, 0.15) is 34.6 Å². The first kappa shape index (κ1) is 17.2. The summed E-state index contributed by atoms with van der Waals surface area (Å²) in [7, 11) is 0. The van der Waals surface area contributed by atoms with E-state index < -0.39 is 0 Å². The molecule has 2 aliphatic rings. The standard InChI is InChI=1S/C16H32N2O3/c1-6-19-16(18-9-14(4)21-15(5)10-18)11-17-7-12(2)20-13(3)8-17/h12-16H,6-11H2,1-5H3. The van der Waals surface area contributed by atoms with Crippen LogP contribution >= 0.6 is 0 Å². The molecule has 2 fully saturated rings. The Labute approximate surface area is 129 Å². The van der Waals surface area contributed by atoms with Crippen LogP contribution in [0.2, 0.25) is 0 Å². The summed E-state index contributed by atoms with van der Waals surface area (Å²) in [5.41, 5.74) is 0. The largest absolute Gasteiger partial charge is 0.373 e. The van der Waals surface area contributed by atoms with Crippen LogP contribution in [0.15, 0.2) is 0 Å². The van der Waals surface area contributed by atoms with Crippen LogP contribution in [0.25, 0.3) is 0 Å². The number of hydrogen-bond donors (Lipinski definition) is 0. The van der Waals surface area contributed by atoms with Crippen molar-refractivity contribution in [3.05, 3.63) is 0 Å². The van der Waals surface area contributed by atoms with Gasteiger partial charge in [0.05, 0.1) is 24.4 Å². The van der Waals surface area contributed by atoms with Gasteiger partial charge in [0, 0.05) is 39.3 Å². The summed E-state index contributed by atoms with van der Waals surface area (Å²) in [6.07, 6.45) is 1.32. The molecule has 2 aliphatic heterocycles. The average Bonchev–Trinajstić information content (AvgIpc) is 2.35. The van der Waals surface area contributed by atoms with Crippen molar-refractivity contribution in [2.75, 3.05) is 39.3 Å². The van der Waals surface area contributed by atoms with Crippen molar-refractivity contribution in [3.63, 3.8) is 0 Å². The van der Waals surface area contributed by atoms with E-state index in [1.54, 1.807) is 0 Å². The van der Waals surface area contributed by atoms with Crippen molar-refractivity contribution in [3.8, 4) is 0 Å². The molecule has 0 amide bonds. The Morgan fingerprint density at radius 2 is 1.38 bits per heavy atom. The molecule has 0 aromatic carbocycles. The predicted molar refractivity (Wildman–Crippen MR) is 83.4 cm³/mol. The summed E-state index contributed by atoms with van der Waals surface area (Å²) in [6.45, 7) is 16.2. The fourth-order valence-electron chi connectivity index (χ4n) is 3.57. The highest BCUT2D eigenvalue weighted by atomic mass is 16.5. The highest BCUT2D eigenvalue weighted by Crippen LogP contribution is 2.17. The van der Waals surface area contributed by atoms with Gasteiger partial charge in [-0.1, -0.05) is 0 Å². The Hall–Kier alpha value is -0.200. The fourth-order valence-corrected chi connectivity index (χ4v) is 3.57. The van der Waals surface area contributed by atoms with Crippen LogP contribution in [0, 0.1) is 0 Å². The Bertz CT molecular complexity index is 296. The molecule has 0 aromatic heterocycles. The van der Waals surface area contributed by atoms with Gasteiger partial charge in [0.25, 0.3) is 0 Å². The molecule has 124 valence electrons. The first-order valence-corrected chi connectivity index (χ1v) is 8.36. The number of nitrogens with zero attached hydrogens (tertiary/aromatic N) is 2. The molecular formula is C16H32N2O3. The van der Waals surface area contributed by atoms with Crippen molar-refractivity contribution < 1.29 is 14.2 Å². The Balaban J connectivity index is 1.94. The number of rotatable bonds is 5. The second kappa shape index (κ2) is 7.88. The van der Waals surface area contributed by atoms with Crippen LogP contribution in [-0.4, -0.2) is 79.8 Å². The summed E-state index contributed by atoms with van der Waals surface area (Å²) in [6, 6.07) is 0. The molecular weight excluding hydrogens is 268 g/mol. The SMILES string of the molecule is CCOC(CN1CC(C)OC(C)C1)N1CC(C)OC(C)C1. The first-order chi connectivity index (χ1) is 9.97. The molecule has 2 heterocycles. The molecule has 5 nitrogen and oxygen atoms in total. The number of morpholine rings is 2. The average molecular weight is 300 g/mol. The van der Waals surface area contributed by atoms with Crippen LogP contribution in [0.5, 0.6) is 0 Å². The minimum atomic E-state index is 0.154. The van der Waals surface area contributed by atoms with Crippen molar-refractivity contribution in [1.29, 1.82) is 0 Å². The van der Waals surface area contributed by atoms with E-state index in [1.807, 2.05) is 0 Å². The maximum absolute atomic E-state index is 6.04. The van der Waals surface area contributed by atoms with Crippen molar-refractivity contribution >= 4 is 0 Å². The highest BCUT2D eigenvalue weighted by Gasteiger charge is 2.31. The highest BCUT2D eigenvalue weighted by molar-refractivity contribution is 4.80. The van der Waals surface area contributed by atoms with Gasteiger partial charge in [-0.05, 0) is 34.6 Å². The third-order valence-corrected chi connectivity index (χ3v) is 4.12. The number of ether oxygens (including phenoxy) is 3. The molecule has 5 atom stereocenters. The van der Waals surface area contributed by atoms with Crippen LogP contribution < -0.4 is 0 Å². The lowest BCUT2D eigenvalue weighted by Gasteiger charge is -2.43. The van der Waals surface area contributed by atoms with Gasteiger partial charge in [0.1, 0.15) is 6.23 Å². The lowest BCUT2D eigenvalue weighted by Crippen LogP contribution is -2.56. The van der Waals surface area contributed by atoms with Gasteiger partial charge in [-0.2, -0.15) is 0 Å². The van der Waals surface area contributed by atoms with Gasteiger partial charge < -0.3 is 14.2 Å². The second-order valence-corrected chi connectivity index (χ2v) is 6.60. The van der Waals surface area contributed by atoms with Gasteiger partial charge in [-0.3, -0.25) is 9.80 Å². The molecule has 5 heteroatoms.